The van der Waals surface area contributed by atoms with E-state index in [2.05, 4.69) is 20.2 Å². The summed E-state index contributed by atoms with van der Waals surface area (Å²) in [6.07, 6.45) is 5.42. The number of fused-ring (bicyclic) bond motifs is 2. The van der Waals surface area contributed by atoms with Crippen LogP contribution in [0.15, 0.2) is 73.3 Å². The number of aromatic carboxylic acids is 1. The van der Waals surface area contributed by atoms with Crippen molar-refractivity contribution < 1.29 is 29.3 Å². The third-order valence-electron chi connectivity index (χ3n) is 6.66. The lowest BCUT2D eigenvalue weighted by Gasteiger charge is -2.04. The molecule has 49 heavy (non-hydrogen) atoms. The third kappa shape index (κ3) is 8.48. The van der Waals surface area contributed by atoms with Gasteiger partial charge in [0.15, 0.2) is 0 Å². The number of pyridine rings is 2. The standard InChI is InChI=1S/C16H13ClN4O4.C14H9ClN4O4.CH4/c1-2-25-16(22)15-14(21(23)24)9-20(19-15)8-10-3-4-13-11(5-10)6-12(17)7-18-13;15-10-4-9-3-8(1-2-11(9)16-5-10)6-18-7-12(19(22)23)13(17-18)14(20)21;/h3-7,9H,2,8H2,1H3;1-5,7H,6H2,(H,20,21);1H4. The third-order valence-corrected chi connectivity index (χ3v) is 7.08. The maximum atomic E-state index is 11.8. The van der Waals surface area contributed by atoms with E-state index in [1.165, 1.54) is 15.6 Å². The number of halogens is 2. The van der Waals surface area contributed by atoms with Crippen molar-refractivity contribution in [2.45, 2.75) is 27.4 Å². The van der Waals surface area contributed by atoms with Gasteiger partial charge < -0.3 is 9.84 Å². The number of hydrogen-bond acceptors (Lipinski definition) is 11. The summed E-state index contributed by atoms with van der Waals surface area (Å²) < 4.78 is 7.37. The monoisotopic (exact) mass is 708 g/mol. The van der Waals surface area contributed by atoms with E-state index in [0.29, 0.717) is 10.0 Å². The van der Waals surface area contributed by atoms with Gasteiger partial charge in [-0.05, 0) is 54.4 Å². The summed E-state index contributed by atoms with van der Waals surface area (Å²) >= 11 is 11.9. The zero-order valence-electron chi connectivity index (χ0n) is 24.7. The van der Waals surface area contributed by atoms with Gasteiger partial charge in [-0.1, -0.05) is 42.8 Å². The van der Waals surface area contributed by atoms with Crippen LogP contribution in [-0.4, -0.2) is 63.0 Å². The molecule has 1 N–H and O–H groups in total. The number of esters is 1. The Morgan fingerprint density at radius 3 is 1.65 bits per heavy atom. The molecular weight excluding hydrogens is 683 g/mol. The molecule has 0 bridgehead atoms. The predicted molar refractivity (Wildman–Crippen MR) is 179 cm³/mol. The van der Waals surface area contributed by atoms with Crippen LogP contribution in [0.2, 0.25) is 10.0 Å². The van der Waals surface area contributed by atoms with Crippen molar-refractivity contribution in [1.82, 2.24) is 29.5 Å². The molecule has 0 radical (unpaired) electrons. The molecule has 252 valence electrons. The van der Waals surface area contributed by atoms with Crippen LogP contribution < -0.4 is 0 Å². The van der Waals surface area contributed by atoms with Crippen molar-refractivity contribution >= 4 is 68.3 Å². The average Bonchev–Trinajstić information content (AvgIpc) is 3.66. The maximum Gasteiger partial charge on any atom is 0.366 e. The number of aromatic nitrogens is 6. The zero-order chi connectivity index (χ0) is 34.5. The lowest BCUT2D eigenvalue weighted by Crippen LogP contribution is -2.09. The fourth-order valence-corrected chi connectivity index (χ4v) is 4.96. The maximum absolute atomic E-state index is 11.8. The fraction of sp³-hybridized carbons (Fsp3) is 0.161. The van der Waals surface area contributed by atoms with Crippen LogP contribution >= 0.6 is 23.2 Å². The van der Waals surface area contributed by atoms with Crippen LogP contribution in [0, 0.1) is 20.2 Å². The number of rotatable bonds is 9. The van der Waals surface area contributed by atoms with E-state index in [1.807, 2.05) is 24.3 Å². The summed E-state index contributed by atoms with van der Waals surface area (Å²) in [7, 11) is 0. The van der Waals surface area contributed by atoms with Crippen LogP contribution in [0.4, 0.5) is 11.4 Å². The number of carbonyl (C=O) groups excluding carboxylic acids is 1. The Kier molecular flexibility index (Phi) is 11.2. The summed E-state index contributed by atoms with van der Waals surface area (Å²) in [5.41, 5.74) is 1.35. The van der Waals surface area contributed by atoms with Crippen LogP contribution in [-0.2, 0) is 17.8 Å². The van der Waals surface area contributed by atoms with Crippen LogP contribution in [0.25, 0.3) is 21.8 Å². The molecule has 0 amide bonds. The van der Waals surface area contributed by atoms with Crippen molar-refractivity contribution in [2.75, 3.05) is 6.61 Å². The Morgan fingerprint density at radius 2 is 1.24 bits per heavy atom. The number of carboxylic acids is 1. The molecular formula is C31H26Cl2N8O8. The van der Waals surface area contributed by atoms with Crippen molar-refractivity contribution in [1.29, 1.82) is 0 Å². The minimum atomic E-state index is -1.44. The normalized spacial score (nSPS) is 10.6. The first-order valence-corrected chi connectivity index (χ1v) is 14.6. The van der Waals surface area contributed by atoms with Crippen LogP contribution in [0.5, 0.6) is 0 Å². The van der Waals surface area contributed by atoms with Gasteiger partial charge in [-0.3, -0.25) is 39.6 Å². The van der Waals surface area contributed by atoms with E-state index >= 15 is 0 Å². The van der Waals surface area contributed by atoms with Gasteiger partial charge in [0.1, 0.15) is 12.4 Å². The summed E-state index contributed by atoms with van der Waals surface area (Å²) in [5.74, 6) is -2.26. The molecule has 0 aliphatic carbocycles. The Morgan fingerprint density at radius 1 is 0.796 bits per heavy atom. The minimum Gasteiger partial charge on any atom is -0.476 e. The molecule has 4 aromatic heterocycles. The van der Waals surface area contributed by atoms with E-state index in [1.54, 1.807) is 43.6 Å². The van der Waals surface area contributed by atoms with Gasteiger partial charge in [0.05, 0.1) is 50.6 Å². The number of ether oxygens (including phenoxy) is 1. The number of nitrogens with zero attached hydrogens (tertiary/aromatic N) is 8. The molecule has 6 rings (SSSR count). The summed E-state index contributed by atoms with van der Waals surface area (Å²) in [6.45, 7) is 2.18. The topological polar surface area (TPSA) is 211 Å². The lowest BCUT2D eigenvalue weighted by molar-refractivity contribution is -0.385. The van der Waals surface area contributed by atoms with Crippen molar-refractivity contribution in [3.63, 3.8) is 0 Å². The van der Waals surface area contributed by atoms with E-state index in [4.69, 9.17) is 33.0 Å². The van der Waals surface area contributed by atoms with E-state index < -0.39 is 33.2 Å². The molecule has 4 heterocycles. The molecule has 18 heteroatoms. The fourth-order valence-electron chi connectivity index (χ4n) is 4.63. The zero-order valence-corrected chi connectivity index (χ0v) is 26.2. The largest absolute Gasteiger partial charge is 0.476 e. The molecule has 0 saturated carbocycles. The van der Waals surface area contributed by atoms with E-state index in [0.717, 1.165) is 39.1 Å². The second-order valence-electron chi connectivity index (χ2n) is 10.0. The molecule has 0 aliphatic heterocycles. The van der Waals surface area contributed by atoms with Crippen molar-refractivity contribution in [3.8, 4) is 0 Å². The number of benzene rings is 2. The Balaban J connectivity index is 0.000000217. The molecule has 0 atom stereocenters. The van der Waals surface area contributed by atoms with Crippen molar-refractivity contribution in [3.05, 3.63) is 126 Å². The average molecular weight is 710 g/mol. The lowest BCUT2D eigenvalue weighted by atomic mass is 10.1. The Bertz CT molecular complexity index is 2190. The quantitative estimate of drug-likeness (QED) is 0.0956. The first-order valence-electron chi connectivity index (χ1n) is 13.8. The van der Waals surface area contributed by atoms with Crippen molar-refractivity contribution in [2.24, 2.45) is 0 Å². The van der Waals surface area contributed by atoms with Gasteiger partial charge in [-0.2, -0.15) is 10.2 Å². The molecule has 0 spiro atoms. The van der Waals surface area contributed by atoms with E-state index in [9.17, 15) is 29.8 Å². The Hall–Kier alpha value is -6.00. The number of nitro groups is 2. The number of carbonyl (C=O) groups is 2. The molecule has 0 unspecified atom stereocenters. The van der Waals surface area contributed by atoms with E-state index in [-0.39, 0.29) is 38.5 Å². The van der Waals surface area contributed by atoms with Gasteiger partial charge in [0, 0.05) is 23.2 Å². The summed E-state index contributed by atoms with van der Waals surface area (Å²) in [6, 6.07) is 14.5. The highest BCUT2D eigenvalue weighted by atomic mass is 35.5. The molecule has 0 saturated heterocycles. The highest BCUT2D eigenvalue weighted by molar-refractivity contribution is 6.31. The van der Waals surface area contributed by atoms with Gasteiger partial charge in [0.25, 0.3) is 0 Å². The number of carboxylic acid groups (broad SMARTS) is 1. The van der Waals surface area contributed by atoms with Gasteiger partial charge in [-0.25, -0.2) is 9.59 Å². The smallest absolute Gasteiger partial charge is 0.366 e. The Labute approximate surface area is 286 Å². The number of hydrogen-bond donors (Lipinski definition) is 1. The highest BCUT2D eigenvalue weighted by Gasteiger charge is 2.27. The molecule has 6 aromatic rings. The molecule has 0 fully saturated rings. The van der Waals surface area contributed by atoms with Gasteiger partial charge in [-0.15, -0.1) is 0 Å². The SMILES string of the molecule is C.CCOC(=O)c1nn(Cc2ccc3ncc(Cl)cc3c2)cc1[N+](=O)[O-].O=C(O)c1nn(Cc2ccc3ncc(Cl)cc3c2)cc1[N+](=O)[O-]. The second kappa shape index (κ2) is 15.3. The molecule has 2 aromatic carbocycles. The first-order chi connectivity index (χ1) is 22.9. The summed E-state index contributed by atoms with van der Waals surface area (Å²) in [4.78, 5) is 51.8. The van der Waals surface area contributed by atoms with Crippen LogP contribution in [0.1, 0.15) is 46.5 Å². The van der Waals surface area contributed by atoms with Gasteiger partial charge >= 0.3 is 23.3 Å². The minimum absolute atomic E-state index is 0. The van der Waals surface area contributed by atoms with Crippen LogP contribution in [0.3, 0.4) is 0 Å². The van der Waals surface area contributed by atoms with Gasteiger partial charge in [0.2, 0.25) is 11.4 Å². The highest BCUT2D eigenvalue weighted by Crippen LogP contribution is 2.23. The summed E-state index contributed by atoms with van der Waals surface area (Å²) in [5, 5.41) is 41.4. The molecule has 16 nitrogen and oxygen atoms in total. The first kappa shape index (κ1) is 35.8. The second-order valence-corrected chi connectivity index (χ2v) is 10.9. The molecule has 0 aliphatic rings. The predicted octanol–water partition coefficient (Wildman–Crippen LogP) is 6.59.